The van der Waals surface area contributed by atoms with E-state index >= 15 is 0 Å². The molecular weight excluding hydrogens is 282 g/mol. The number of benzene rings is 1. The molecular formula is C13H18ClN3O3. The molecule has 1 aromatic carbocycles. The number of nitro groups is 1. The average molecular weight is 300 g/mol. The van der Waals surface area contributed by atoms with E-state index < -0.39 is 10.8 Å². The van der Waals surface area contributed by atoms with Crippen LogP contribution in [0.4, 0.5) is 11.4 Å². The maximum absolute atomic E-state index is 12.2. The summed E-state index contributed by atoms with van der Waals surface area (Å²) in [5.74, 6) is -0.437. The molecule has 1 amide bonds. The smallest absolute Gasteiger partial charge is 0.271 e. The van der Waals surface area contributed by atoms with Crippen molar-refractivity contribution in [3.63, 3.8) is 0 Å². The minimum Gasteiger partial charge on any atom is -0.397 e. The molecule has 7 heteroatoms. The zero-order valence-electron chi connectivity index (χ0n) is 11.5. The molecule has 110 valence electrons. The monoisotopic (exact) mass is 299 g/mol. The van der Waals surface area contributed by atoms with Gasteiger partial charge < -0.3 is 11.1 Å². The Hall–Kier alpha value is -1.82. The highest BCUT2D eigenvalue weighted by molar-refractivity contribution is 6.34. The van der Waals surface area contributed by atoms with Gasteiger partial charge in [0.2, 0.25) is 0 Å². The van der Waals surface area contributed by atoms with Crippen LogP contribution in [0.1, 0.15) is 43.5 Å². The number of nitrogens with one attached hydrogen (secondary N) is 1. The van der Waals surface area contributed by atoms with E-state index in [9.17, 15) is 14.9 Å². The average Bonchev–Trinajstić information content (AvgIpc) is 2.40. The van der Waals surface area contributed by atoms with E-state index in [1.165, 1.54) is 0 Å². The van der Waals surface area contributed by atoms with Crippen molar-refractivity contribution in [2.75, 3.05) is 5.73 Å². The number of carbonyl (C=O) groups excluding carboxylic acids is 1. The van der Waals surface area contributed by atoms with E-state index in [-0.39, 0.29) is 28.0 Å². The first-order valence-corrected chi connectivity index (χ1v) is 6.82. The molecule has 0 aliphatic carbocycles. The highest BCUT2D eigenvalue weighted by atomic mass is 35.5. The van der Waals surface area contributed by atoms with Gasteiger partial charge in [-0.05, 0) is 12.8 Å². The molecule has 20 heavy (non-hydrogen) atoms. The summed E-state index contributed by atoms with van der Waals surface area (Å²) < 4.78 is 0. The van der Waals surface area contributed by atoms with Crippen LogP contribution in [0.2, 0.25) is 5.02 Å². The number of hydrogen-bond donors (Lipinski definition) is 2. The Labute approximate surface area is 122 Å². The van der Waals surface area contributed by atoms with Gasteiger partial charge in [0, 0.05) is 18.2 Å². The first-order valence-electron chi connectivity index (χ1n) is 6.44. The standard InChI is InChI=1S/C13H18ClN3O3/c1-3-5-8(4-2)16-13(18)10-6-9(17(19)20)7-11(14)12(10)15/h6-8H,3-5,15H2,1-2H3,(H,16,18). The Morgan fingerprint density at radius 3 is 2.65 bits per heavy atom. The largest absolute Gasteiger partial charge is 0.397 e. The molecule has 0 heterocycles. The molecule has 0 fully saturated rings. The molecule has 6 nitrogen and oxygen atoms in total. The number of nitrogens with two attached hydrogens (primary N) is 1. The van der Waals surface area contributed by atoms with Crippen molar-refractivity contribution in [3.05, 3.63) is 32.8 Å². The predicted octanol–water partition coefficient (Wildman–Crippen LogP) is 3.14. The summed E-state index contributed by atoms with van der Waals surface area (Å²) >= 11 is 5.83. The molecule has 0 bridgehead atoms. The Morgan fingerprint density at radius 2 is 2.15 bits per heavy atom. The Kier molecular flexibility index (Phi) is 5.76. The highest BCUT2D eigenvalue weighted by Crippen LogP contribution is 2.28. The Balaban J connectivity index is 3.05. The van der Waals surface area contributed by atoms with Gasteiger partial charge in [-0.1, -0.05) is 31.9 Å². The minimum absolute atomic E-state index is 0.00731. The van der Waals surface area contributed by atoms with Crippen LogP contribution in [0, 0.1) is 10.1 Å². The van der Waals surface area contributed by atoms with E-state index in [0.29, 0.717) is 0 Å². The molecule has 0 saturated carbocycles. The number of halogens is 1. The molecule has 1 aromatic rings. The van der Waals surface area contributed by atoms with Crippen molar-refractivity contribution in [1.29, 1.82) is 0 Å². The van der Waals surface area contributed by atoms with E-state index in [2.05, 4.69) is 5.32 Å². The Morgan fingerprint density at radius 1 is 1.50 bits per heavy atom. The summed E-state index contributed by atoms with van der Waals surface area (Å²) in [4.78, 5) is 22.4. The number of amides is 1. The lowest BCUT2D eigenvalue weighted by Gasteiger charge is -2.17. The third kappa shape index (κ3) is 3.84. The van der Waals surface area contributed by atoms with Crippen molar-refractivity contribution >= 4 is 28.9 Å². The van der Waals surface area contributed by atoms with Crippen LogP contribution in [0.5, 0.6) is 0 Å². The predicted molar refractivity (Wildman–Crippen MR) is 79.0 cm³/mol. The molecule has 0 aliphatic heterocycles. The molecule has 0 aromatic heterocycles. The lowest BCUT2D eigenvalue weighted by molar-refractivity contribution is -0.384. The molecule has 0 radical (unpaired) electrons. The second kappa shape index (κ2) is 7.09. The van der Waals surface area contributed by atoms with Crippen LogP contribution >= 0.6 is 11.6 Å². The maximum atomic E-state index is 12.2. The topological polar surface area (TPSA) is 98.3 Å². The number of nitrogen functional groups attached to an aromatic ring is 1. The zero-order chi connectivity index (χ0) is 15.3. The maximum Gasteiger partial charge on any atom is 0.271 e. The molecule has 1 unspecified atom stereocenters. The zero-order valence-corrected chi connectivity index (χ0v) is 12.2. The number of anilines is 1. The van der Waals surface area contributed by atoms with E-state index in [0.717, 1.165) is 31.4 Å². The second-order valence-corrected chi connectivity index (χ2v) is 4.92. The lowest BCUT2D eigenvalue weighted by Crippen LogP contribution is -2.34. The van der Waals surface area contributed by atoms with Gasteiger partial charge in [-0.25, -0.2) is 0 Å². The summed E-state index contributed by atoms with van der Waals surface area (Å²) in [6.07, 6.45) is 2.55. The molecule has 3 N–H and O–H groups in total. The van der Waals surface area contributed by atoms with Gasteiger partial charge in [0.05, 0.1) is 21.2 Å². The molecule has 0 aliphatic rings. The molecule has 0 saturated heterocycles. The summed E-state index contributed by atoms with van der Waals surface area (Å²) in [6, 6.07) is 2.30. The first-order chi connectivity index (χ1) is 9.40. The van der Waals surface area contributed by atoms with Gasteiger partial charge in [0.25, 0.3) is 11.6 Å². The van der Waals surface area contributed by atoms with Gasteiger partial charge in [-0.3, -0.25) is 14.9 Å². The summed E-state index contributed by atoms with van der Waals surface area (Å²) in [5, 5.41) is 13.6. The van der Waals surface area contributed by atoms with E-state index in [4.69, 9.17) is 17.3 Å². The summed E-state index contributed by atoms with van der Waals surface area (Å²) in [5.41, 5.74) is 5.57. The highest BCUT2D eigenvalue weighted by Gasteiger charge is 2.20. The van der Waals surface area contributed by atoms with Crippen LogP contribution in [0.25, 0.3) is 0 Å². The van der Waals surface area contributed by atoms with Crippen LogP contribution < -0.4 is 11.1 Å². The van der Waals surface area contributed by atoms with E-state index in [1.807, 2.05) is 13.8 Å². The SMILES string of the molecule is CCCC(CC)NC(=O)c1cc([N+](=O)[O-])cc(Cl)c1N. The fraction of sp³-hybridized carbons (Fsp3) is 0.462. The van der Waals surface area contributed by atoms with Crippen LogP contribution in [0.15, 0.2) is 12.1 Å². The van der Waals surface area contributed by atoms with Crippen LogP contribution in [-0.4, -0.2) is 16.9 Å². The summed E-state index contributed by atoms with van der Waals surface area (Å²) in [6.45, 7) is 3.98. The molecule has 1 rings (SSSR count). The molecule has 1 atom stereocenters. The number of rotatable bonds is 6. The van der Waals surface area contributed by atoms with Gasteiger partial charge >= 0.3 is 0 Å². The quantitative estimate of drug-likeness (QED) is 0.479. The van der Waals surface area contributed by atoms with Crippen LogP contribution in [0.3, 0.4) is 0 Å². The minimum atomic E-state index is -0.606. The number of hydrogen-bond acceptors (Lipinski definition) is 4. The van der Waals surface area contributed by atoms with Crippen molar-refractivity contribution in [2.45, 2.75) is 39.2 Å². The van der Waals surface area contributed by atoms with Gasteiger partial charge in [0.15, 0.2) is 0 Å². The van der Waals surface area contributed by atoms with Gasteiger partial charge in [-0.15, -0.1) is 0 Å². The second-order valence-electron chi connectivity index (χ2n) is 4.51. The number of nitrogens with zero attached hydrogens (tertiary/aromatic N) is 1. The van der Waals surface area contributed by atoms with Crippen molar-refractivity contribution in [3.8, 4) is 0 Å². The van der Waals surface area contributed by atoms with Crippen molar-refractivity contribution in [1.82, 2.24) is 5.32 Å². The number of non-ortho nitro benzene ring substituents is 1. The van der Waals surface area contributed by atoms with E-state index in [1.54, 1.807) is 0 Å². The van der Waals surface area contributed by atoms with Crippen molar-refractivity contribution in [2.24, 2.45) is 0 Å². The number of nitro benzene ring substituents is 1. The third-order valence-electron chi connectivity index (χ3n) is 3.03. The first kappa shape index (κ1) is 16.2. The van der Waals surface area contributed by atoms with Gasteiger partial charge in [-0.2, -0.15) is 0 Å². The fourth-order valence-electron chi connectivity index (χ4n) is 1.89. The lowest BCUT2D eigenvalue weighted by atomic mass is 10.1. The van der Waals surface area contributed by atoms with Crippen LogP contribution in [-0.2, 0) is 0 Å². The summed E-state index contributed by atoms with van der Waals surface area (Å²) in [7, 11) is 0. The number of carbonyl (C=O) groups is 1. The van der Waals surface area contributed by atoms with Crippen molar-refractivity contribution < 1.29 is 9.72 Å². The molecule has 0 spiro atoms. The normalized spacial score (nSPS) is 11.9. The third-order valence-corrected chi connectivity index (χ3v) is 3.35. The Bertz CT molecular complexity index is 520. The van der Waals surface area contributed by atoms with Gasteiger partial charge in [0.1, 0.15) is 0 Å². The fourth-order valence-corrected chi connectivity index (χ4v) is 2.10.